The van der Waals surface area contributed by atoms with E-state index in [4.69, 9.17) is 16.2 Å². The van der Waals surface area contributed by atoms with Crippen LogP contribution in [0.2, 0.25) is 0 Å². The van der Waals surface area contributed by atoms with E-state index in [2.05, 4.69) is 5.32 Å². The zero-order valence-corrected chi connectivity index (χ0v) is 10.2. The van der Waals surface area contributed by atoms with Crippen LogP contribution >= 0.6 is 0 Å². The molecule has 0 saturated carbocycles. The van der Waals surface area contributed by atoms with Crippen LogP contribution in [0.15, 0.2) is 18.2 Å². The van der Waals surface area contributed by atoms with E-state index in [0.29, 0.717) is 19.5 Å². The maximum atomic E-state index is 11.9. The molecule has 5 N–H and O–H groups in total. The van der Waals surface area contributed by atoms with Crippen LogP contribution in [-0.4, -0.2) is 32.0 Å². The topological polar surface area (TPSA) is 107 Å². The summed E-state index contributed by atoms with van der Waals surface area (Å²) in [5, 5.41) is 2.69. The van der Waals surface area contributed by atoms with Gasteiger partial charge in [0, 0.05) is 6.54 Å². The van der Waals surface area contributed by atoms with E-state index in [-0.39, 0.29) is 22.8 Å². The predicted octanol–water partition coefficient (Wildman–Crippen LogP) is -0.127. The molecule has 0 aliphatic heterocycles. The SMILES string of the molecule is COc1c(C(N)=O)cccc1C(=O)NCCCN. The van der Waals surface area contributed by atoms with E-state index in [1.165, 1.54) is 13.2 Å². The molecule has 1 rings (SSSR count). The molecular weight excluding hydrogens is 234 g/mol. The zero-order chi connectivity index (χ0) is 13.5. The Bertz CT molecular complexity index is 446. The van der Waals surface area contributed by atoms with Crippen LogP contribution in [0.25, 0.3) is 0 Å². The van der Waals surface area contributed by atoms with E-state index >= 15 is 0 Å². The number of benzene rings is 1. The van der Waals surface area contributed by atoms with Gasteiger partial charge in [-0.05, 0) is 25.1 Å². The molecule has 0 aliphatic carbocycles. The van der Waals surface area contributed by atoms with Gasteiger partial charge in [0.15, 0.2) is 0 Å². The molecule has 0 bridgehead atoms. The third-order valence-corrected chi connectivity index (χ3v) is 2.40. The minimum absolute atomic E-state index is 0.184. The number of carbonyl (C=O) groups excluding carboxylic acids is 2. The summed E-state index contributed by atoms with van der Waals surface area (Å²) in [6.45, 7) is 0.970. The second kappa shape index (κ2) is 6.61. The van der Waals surface area contributed by atoms with Crippen molar-refractivity contribution in [1.82, 2.24) is 5.32 Å². The molecule has 6 heteroatoms. The van der Waals surface area contributed by atoms with Gasteiger partial charge in [0.2, 0.25) is 0 Å². The molecule has 1 aromatic carbocycles. The molecule has 0 atom stereocenters. The van der Waals surface area contributed by atoms with Gasteiger partial charge in [0.25, 0.3) is 11.8 Å². The van der Waals surface area contributed by atoms with Crippen molar-refractivity contribution in [2.24, 2.45) is 11.5 Å². The molecule has 0 radical (unpaired) electrons. The molecule has 6 nitrogen and oxygen atoms in total. The molecule has 0 unspecified atom stereocenters. The molecule has 0 aliphatic rings. The van der Waals surface area contributed by atoms with E-state index < -0.39 is 5.91 Å². The number of methoxy groups -OCH3 is 1. The largest absolute Gasteiger partial charge is 0.495 e. The summed E-state index contributed by atoms with van der Waals surface area (Å²) >= 11 is 0. The van der Waals surface area contributed by atoms with Crippen molar-refractivity contribution in [1.29, 1.82) is 0 Å². The highest BCUT2D eigenvalue weighted by Gasteiger charge is 2.17. The number of rotatable bonds is 6. The molecule has 0 spiro atoms. The highest BCUT2D eigenvalue weighted by Crippen LogP contribution is 2.23. The van der Waals surface area contributed by atoms with Gasteiger partial charge in [0.1, 0.15) is 5.75 Å². The van der Waals surface area contributed by atoms with Crippen molar-refractivity contribution in [3.8, 4) is 5.75 Å². The van der Waals surface area contributed by atoms with Crippen molar-refractivity contribution in [2.45, 2.75) is 6.42 Å². The summed E-state index contributed by atoms with van der Waals surface area (Å²) in [4.78, 5) is 23.1. The summed E-state index contributed by atoms with van der Waals surface area (Å²) < 4.78 is 5.08. The number of hydrogen-bond donors (Lipinski definition) is 3. The summed E-state index contributed by atoms with van der Waals surface area (Å²) in [5.74, 6) is -0.762. The van der Waals surface area contributed by atoms with Crippen LogP contribution < -0.4 is 21.5 Å². The normalized spacial score (nSPS) is 9.89. The number of nitrogens with one attached hydrogen (secondary N) is 1. The van der Waals surface area contributed by atoms with Crippen LogP contribution in [-0.2, 0) is 0 Å². The minimum atomic E-state index is -0.636. The summed E-state index contributed by atoms with van der Waals surface area (Å²) in [5.41, 5.74) is 11.0. The average Bonchev–Trinajstić information content (AvgIpc) is 2.37. The zero-order valence-electron chi connectivity index (χ0n) is 10.2. The Morgan fingerprint density at radius 3 is 2.56 bits per heavy atom. The molecule has 98 valence electrons. The number of ether oxygens (including phenoxy) is 1. The third kappa shape index (κ3) is 3.21. The van der Waals surface area contributed by atoms with Crippen LogP contribution in [0.4, 0.5) is 0 Å². The van der Waals surface area contributed by atoms with E-state index in [1.807, 2.05) is 0 Å². The lowest BCUT2D eigenvalue weighted by atomic mass is 10.1. The Hall–Kier alpha value is -2.08. The third-order valence-electron chi connectivity index (χ3n) is 2.40. The van der Waals surface area contributed by atoms with Crippen LogP contribution in [0.5, 0.6) is 5.75 Å². The first-order valence-corrected chi connectivity index (χ1v) is 5.57. The van der Waals surface area contributed by atoms with Gasteiger partial charge in [-0.1, -0.05) is 6.07 Å². The smallest absolute Gasteiger partial charge is 0.255 e. The Labute approximate surface area is 105 Å². The monoisotopic (exact) mass is 251 g/mol. The quantitative estimate of drug-likeness (QED) is 0.612. The lowest BCUT2D eigenvalue weighted by Crippen LogP contribution is -2.27. The molecule has 0 heterocycles. The second-order valence-corrected chi connectivity index (χ2v) is 3.65. The van der Waals surface area contributed by atoms with Gasteiger partial charge in [-0.25, -0.2) is 0 Å². The Kier molecular flexibility index (Phi) is 5.13. The first kappa shape index (κ1) is 14.0. The van der Waals surface area contributed by atoms with Crippen molar-refractivity contribution in [2.75, 3.05) is 20.2 Å². The molecule has 0 aromatic heterocycles. The Balaban J connectivity index is 2.97. The molecule has 18 heavy (non-hydrogen) atoms. The number of carbonyl (C=O) groups is 2. The first-order chi connectivity index (χ1) is 8.61. The van der Waals surface area contributed by atoms with Crippen molar-refractivity contribution < 1.29 is 14.3 Å². The van der Waals surface area contributed by atoms with Crippen LogP contribution in [0.3, 0.4) is 0 Å². The summed E-state index contributed by atoms with van der Waals surface area (Å²) in [6, 6.07) is 4.67. The Morgan fingerprint density at radius 1 is 1.33 bits per heavy atom. The summed E-state index contributed by atoms with van der Waals surface area (Å²) in [7, 11) is 1.39. The van der Waals surface area contributed by atoms with Gasteiger partial charge in [-0.15, -0.1) is 0 Å². The van der Waals surface area contributed by atoms with Gasteiger partial charge in [0.05, 0.1) is 18.2 Å². The van der Waals surface area contributed by atoms with Crippen LogP contribution in [0, 0.1) is 0 Å². The Morgan fingerprint density at radius 2 is 2.00 bits per heavy atom. The highest BCUT2D eigenvalue weighted by atomic mass is 16.5. The lowest BCUT2D eigenvalue weighted by molar-refractivity contribution is 0.0950. The maximum Gasteiger partial charge on any atom is 0.255 e. The number of para-hydroxylation sites is 1. The number of primary amides is 1. The van der Waals surface area contributed by atoms with Gasteiger partial charge in [-0.2, -0.15) is 0 Å². The summed E-state index contributed by atoms with van der Waals surface area (Å²) in [6.07, 6.45) is 0.684. The molecule has 1 aromatic rings. The average molecular weight is 251 g/mol. The number of hydrogen-bond acceptors (Lipinski definition) is 4. The van der Waals surface area contributed by atoms with Crippen molar-refractivity contribution >= 4 is 11.8 Å². The maximum absolute atomic E-state index is 11.9. The van der Waals surface area contributed by atoms with Gasteiger partial charge < -0.3 is 21.5 Å². The lowest BCUT2D eigenvalue weighted by Gasteiger charge is -2.11. The fraction of sp³-hybridized carbons (Fsp3) is 0.333. The predicted molar refractivity (Wildman–Crippen MR) is 67.5 cm³/mol. The van der Waals surface area contributed by atoms with E-state index in [9.17, 15) is 9.59 Å². The van der Waals surface area contributed by atoms with Crippen molar-refractivity contribution in [3.05, 3.63) is 29.3 Å². The molecule has 0 fully saturated rings. The van der Waals surface area contributed by atoms with Gasteiger partial charge in [-0.3, -0.25) is 9.59 Å². The van der Waals surface area contributed by atoms with E-state index in [0.717, 1.165) is 0 Å². The second-order valence-electron chi connectivity index (χ2n) is 3.65. The molecule has 2 amide bonds. The number of amides is 2. The highest BCUT2D eigenvalue weighted by molar-refractivity contribution is 6.03. The van der Waals surface area contributed by atoms with Crippen LogP contribution in [0.1, 0.15) is 27.1 Å². The van der Waals surface area contributed by atoms with Gasteiger partial charge >= 0.3 is 0 Å². The number of nitrogens with two attached hydrogens (primary N) is 2. The molecular formula is C12H17N3O3. The minimum Gasteiger partial charge on any atom is -0.495 e. The fourth-order valence-corrected chi connectivity index (χ4v) is 1.53. The first-order valence-electron chi connectivity index (χ1n) is 5.57. The van der Waals surface area contributed by atoms with Crippen molar-refractivity contribution in [3.63, 3.8) is 0 Å². The fourth-order valence-electron chi connectivity index (χ4n) is 1.53. The van der Waals surface area contributed by atoms with E-state index in [1.54, 1.807) is 12.1 Å². The standard InChI is InChI=1S/C12H17N3O3/c1-18-10-8(11(14)16)4-2-5-9(10)12(17)15-7-3-6-13/h2,4-5H,3,6-7,13H2,1H3,(H2,14,16)(H,15,17). The molecule has 0 saturated heterocycles.